The molecule has 2 N–H and O–H groups in total. The second-order valence-corrected chi connectivity index (χ2v) is 3.28. The van der Waals surface area contributed by atoms with Gasteiger partial charge in [0.1, 0.15) is 0 Å². The SMILES string of the molecule is Nc1cn(Cc2cncs2)nn1. The molecule has 0 spiro atoms. The van der Waals surface area contributed by atoms with Crippen molar-refractivity contribution in [1.82, 2.24) is 20.0 Å². The Kier molecular flexibility index (Phi) is 1.75. The zero-order chi connectivity index (χ0) is 8.39. The van der Waals surface area contributed by atoms with Gasteiger partial charge < -0.3 is 5.73 Å². The third-order valence-corrected chi connectivity index (χ3v) is 2.12. The van der Waals surface area contributed by atoms with Crippen LogP contribution >= 0.6 is 11.3 Å². The average Bonchev–Trinajstić information content (AvgIpc) is 2.63. The lowest BCUT2D eigenvalue weighted by atomic mass is 10.5. The van der Waals surface area contributed by atoms with E-state index in [-0.39, 0.29) is 0 Å². The van der Waals surface area contributed by atoms with E-state index in [0.717, 1.165) is 4.88 Å². The van der Waals surface area contributed by atoms with Crippen LogP contribution in [0.2, 0.25) is 0 Å². The Bertz CT molecular complexity index is 352. The van der Waals surface area contributed by atoms with E-state index in [0.29, 0.717) is 12.4 Å². The molecule has 0 aliphatic heterocycles. The van der Waals surface area contributed by atoms with Crippen molar-refractivity contribution in [3.63, 3.8) is 0 Å². The summed E-state index contributed by atoms with van der Waals surface area (Å²) >= 11 is 1.59. The van der Waals surface area contributed by atoms with Crippen molar-refractivity contribution >= 4 is 17.2 Å². The van der Waals surface area contributed by atoms with Crippen molar-refractivity contribution in [3.8, 4) is 0 Å². The van der Waals surface area contributed by atoms with Crippen LogP contribution in [0.25, 0.3) is 0 Å². The van der Waals surface area contributed by atoms with Gasteiger partial charge >= 0.3 is 0 Å². The predicted octanol–water partition coefficient (Wildman–Crippen LogP) is 0.365. The van der Waals surface area contributed by atoms with Crippen LogP contribution in [0.1, 0.15) is 4.88 Å². The number of thiazole rings is 1. The largest absolute Gasteiger partial charge is 0.381 e. The maximum Gasteiger partial charge on any atom is 0.165 e. The molecule has 2 aromatic rings. The second-order valence-electron chi connectivity index (χ2n) is 2.31. The van der Waals surface area contributed by atoms with E-state index in [2.05, 4.69) is 15.3 Å². The molecule has 0 atom stereocenters. The number of nitrogens with zero attached hydrogens (tertiary/aromatic N) is 4. The highest BCUT2D eigenvalue weighted by Gasteiger charge is 1.98. The van der Waals surface area contributed by atoms with Crippen LogP contribution in [0.15, 0.2) is 17.9 Å². The molecule has 0 unspecified atom stereocenters. The van der Waals surface area contributed by atoms with Gasteiger partial charge in [-0.1, -0.05) is 5.21 Å². The summed E-state index contributed by atoms with van der Waals surface area (Å²) in [7, 11) is 0. The minimum absolute atomic E-state index is 0.444. The number of hydrogen-bond donors (Lipinski definition) is 1. The Labute approximate surface area is 72.8 Å². The van der Waals surface area contributed by atoms with Crippen molar-refractivity contribution in [2.24, 2.45) is 0 Å². The van der Waals surface area contributed by atoms with Crippen molar-refractivity contribution in [2.45, 2.75) is 6.54 Å². The molecule has 2 rings (SSSR count). The van der Waals surface area contributed by atoms with Gasteiger partial charge in [0.15, 0.2) is 5.82 Å². The highest BCUT2D eigenvalue weighted by Crippen LogP contribution is 2.07. The Hall–Kier alpha value is -1.43. The number of anilines is 1. The molecule has 6 heteroatoms. The summed E-state index contributed by atoms with van der Waals surface area (Å²) in [6.07, 6.45) is 3.50. The summed E-state index contributed by atoms with van der Waals surface area (Å²) < 4.78 is 1.68. The van der Waals surface area contributed by atoms with Crippen molar-refractivity contribution in [3.05, 3.63) is 22.8 Å². The van der Waals surface area contributed by atoms with E-state index in [1.165, 1.54) is 0 Å². The summed E-state index contributed by atoms with van der Waals surface area (Å²) in [5.74, 6) is 0.444. The third-order valence-electron chi connectivity index (χ3n) is 1.36. The molecule has 62 valence electrons. The zero-order valence-corrected chi connectivity index (χ0v) is 7.03. The summed E-state index contributed by atoms with van der Waals surface area (Å²) in [6, 6.07) is 0. The van der Waals surface area contributed by atoms with Gasteiger partial charge in [0.2, 0.25) is 0 Å². The van der Waals surface area contributed by atoms with Gasteiger partial charge in [0.25, 0.3) is 0 Å². The lowest BCUT2D eigenvalue weighted by molar-refractivity contribution is 0.655. The monoisotopic (exact) mass is 181 g/mol. The van der Waals surface area contributed by atoms with Crippen LogP contribution in [-0.2, 0) is 6.54 Å². The minimum atomic E-state index is 0.444. The maximum absolute atomic E-state index is 5.40. The number of nitrogens with two attached hydrogens (primary N) is 1. The molecule has 0 saturated carbocycles. The summed E-state index contributed by atoms with van der Waals surface area (Å²) in [4.78, 5) is 5.09. The minimum Gasteiger partial charge on any atom is -0.381 e. The van der Waals surface area contributed by atoms with Gasteiger partial charge in [-0.05, 0) is 0 Å². The Morgan fingerprint density at radius 2 is 2.50 bits per heavy atom. The van der Waals surface area contributed by atoms with Crippen molar-refractivity contribution in [1.29, 1.82) is 0 Å². The first-order valence-electron chi connectivity index (χ1n) is 3.37. The molecule has 0 aliphatic rings. The van der Waals surface area contributed by atoms with E-state index in [1.54, 1.807) is 27.7 Å². The van der Waals surface area contributed by atoms with Crippen molar-refractivity contribution < 1.29 is 0 Å². The fourth-order valence-corrected chi connectivity index (χ4v) is 1.46. The molecule has 2 heterocycles. The van der Waals surface area contributed by atoms with Gasteiger partial charge in [-0.3, -0.25) is 4.98 Å². The molecular formula is C6H7N5S. The topological polar surface area (TPSA) is 69.6 Å². The average molecular weight is 181 g/mol. The Balaban J connectivity index is 2.14. The first-order valence-corrected chi connectivity index (χ1v) is 4.25. The van der Waals surface area contributed by atoms with Crippen LogP contribution in [-0.4, -0.2) is 20.0 Å². The quantitative estimate of drug-likeness (QED) is 0.726. The van der Waals surface area contributed by atoms with E-state index in [1.807, 2.05) is 6.20 Å². The molecule has 5 nitrogen and oxygen atoms in total. The normalized spacial score (nSPS) is 10.3. The Morgan fingerprint density at radius 3 is 3.08 bits per heavy atom. The number of rotatable bonds is 2. The van der Waals surface area contributed by atoms with Crippen LogP contribution in [0, 0.1) is 0 Å². The van der Waals surface area contributed by atoms with Gasteiger partial charge in [-0.15, -0.1) is 16.4 Å². The number of hydrogen-bond acceptors (Lipinski definition) is 5. The highest BCUT2D eigenvalue weighted by atomic mass is 32.1. The summed E-state index contributed by atoms with van der Waals surface area (Å²) in [6.45, 7) is 0.689. The standard InChI is InChI=1S/C6H7N5S/c7-6-3-11(10-9-6)2-5-1-8-4-12-5/h1,3-4H,2,7H2. The van der Waals surface area contributed by atoms with Crippen LogP contribution in [0.4, 0.5) is 5.82 Å². The van der Waals surface area contributed by atoms with Gasteiger partial charge in [-0.2, -0.15) is 0 Å². The second kappa shape index (κ2) is 2.90. The van der Waals surface area contributed by atoms with Gasteiger partial charge in [0.05, 0.1) is 18.3 Å². The first kappa shape index (κ1) is 7.23. The molecular weight excluding hydrogens is 174 g/mol. The van der Waals surface area contributed by atoms with Gasteiger partial charge in [0, 0.05) is 11.1 Å². The van der Waals surface area contributed by atoms with E-state index in [4.69, 9.17) is 5.73 Å². The molecule has 12 heavy (non-hydrogen) atoms. The van der Waals surface area contributed by atoms with E-state index < -0.39 is 0 Å². The summed E-state index contributed by atoms with van der Waals surface area (Å²) in [5.41, 5.74) is 7.19. The van der Waals surface area contributed by atoms with Crippen LogP contribution in [0.3, 0.4) is 0 Å². The lowest BCUT2D eigenvalue weighted by Gasteiger charge is -1.93. The third kappa shape index (κ3) is 1.42. The molecule has 0 fully saturated rings. The smallest absolute Gasteiger partial charge is 0.165 e. The van der Waals surface area contributed by atoms with Gasteiger partial charge in [-0.25, -0.2) is 4.68 Å². The highest BCUT2D eigenvalue weighted by molar-refractivity contribution is 7.09. The molecule has 2 aromatic heterocycles. The Morgan fingerprint density at radius 1 is 1.58 bits per heavy atom. The van der Waals surface area contributed by atoms with Crippen molar-refractivity contribution in [2.75, 3.05) is 5.73 Å². The molecule has 0 bridgehead atoms. The van der Waals surface area contributed by atoms with Crippen LogP contribution in [0.5, 0.6) is 0 Å². The first-order chi connectivity index (χ1) is 5.84. The molecule has 0 radical (unpaired) electrons. The zero-order valence-electron chi connectivity index (χ0n) is 6.21. The predicted molar refractivity (Wildman–Crippen MR) is 45.7 cm³/mol. The fraction of sp³-hybridized carbons (Fsp3) is 0.167. The molecule has 0 aliphatic carbocycles. The fourth-order valence-electron chi connectivity index (χ4n) is 0.871. The molecule has 0 saturated heterocycles. The summed E-state index contributed by atoms with van der Waals surface area (Å²) in [5, 5.41) is 7.48. The van der Waals surface area contributed by atoms with E-state index in [9.17, 15) is 0 Å². The molecule has 0 aromatic carbocycles. The number of nitrogen functional groups attached to an aromatic ring is 1. The number of aromatic nitrogens is 4. The maximum atomic E-state index is 5.40. The lowest BCUT2D eigenvalue weighted by Crippen LogP contribution is -1.98. The molecule has 0 amide bonds. The van der Waals surface area contributed by atoms with E-state index >= 15 is 0 Å². The van der Waals surface area contributed by atoms with Crippen LogP contribution < -0.4 is 5.73 Å².